The number of hydrogen-bond acceptors (Lipinski definition) is 4. The zero-order chi connectivity index (χ0) is 16.0. The minimum atomic E-state index is -0.927. The summed E-state index contributed by atoms with van der Waals surface area (Å²) >= 11 is 0. The molecule has 0 saturated heterocycles. The van der Waals surface area contributed by atoms with E-state index in [1.807, 2.05) is 0 Å². The summed E-state index contributed by atoms with van der Waals surface area (Å²) < 4.78 is 18.3. The Kier molecular flexibility index (Phi) is 5.30. The SMILES string of the molecule is CC(C)(C)OC(=O)NCC#Cc1cc(F)c(O)c(C=O)c1. The monoisotopic (exact) mass is 293 g/mol. The molecule has 0 atom stereocenters. The third kappa shape index (κ3) is 5.53. The van der Waals surface area contributed by atoms with Crippen LogP contribution in [-0.4, -0.2) is 29.6 Å². The number of ether oxygens (including phenoxy) is 1. The average molecular weight is 293 g/mol. The van der Waals surface area contributed by atoms with Crippen LogP contribution in [0.3, 0.4) is 0 Å². The van der Waals surface area contributed by atoms with Crippen molar-refractivity contribution in [1.29, 1.82) is 0 Å². The number of hydrogen-bond donors (Lipinski definition) is 2. The molecule has 1 amide bonds. The predicted octanol–water partition coefficient (Wildman–Crippen LogP) is 2.22. The van der Waals surface area contributed by atoms with E-state index in [1.54, 1.807) is 20.8 Å². The molecule has 0 radical (unpaired) electrons. The maximum atomic E-state index is 13.3. The summed E-state index contributed by atoms with van der Waals surface area (Å²) in [6.07, 6.45) is -0.273. The molecule has 0 aromatic heterocycles. The fourth-order valence-corrected chi connectivity index (χ4v) is 1.36. The lowest BCUT2D eigenvalue weighted by Crippen LogP contribution is -2.32. The number of carbonyl (C=O) groups excluding carboxylic acids is 2. The first-order valence-electron chi connectivity index (χ1n) is 6.16. The first-order chi connectivity index (χ1) is 9.73. The van der Waals surface area contributed by atoms with Crippen molar-refractivity contribution in [3.05, 3.63) is 29.1 Å². The van der Waals surface area contributed by atoms with Crippen molar-refractivity contribution in [3.8, 4) is 17.6 Å². The van der Waals surface area contributed by atoms with E-state index in [4.69, 9.17) is 4.74 Å². The van der Waals surface area contributed by atoms with Crippen molar-refractivity contribution >= 4 is 12.4 Å². The van der Waals surface area contributed by atoms with Crippen LogP contribution in [-0.2, 0) is 4.74 Å². The van der Waals surface area contributed by atoms with Gasteiger partial charge in [0.2, 0.25) is 0 Å². The largest absolute Gasteiger partial charge is 0.504 e. The molecule has 0 bridgehead atoms. The van der Waals surface area contributed by atoms with E-state index in [2.05, 4.69) is 17.2 Å². The molecule has 1 rings (SSSR count). The summed E-state index contributed by atoms with van der Waals surface area (Å²) in [5, 5.41) is 11.7. The number of benzene rings is 1. The van der Waals surface area contributed by atoms with Crippen LogP contribution < -0.4 is 5.32 Å². The Morgan fingerprint density at radius 1 is 1.48 bits per heavy atom. The van der Waals surface area contributed by atoms with Crippen LogP contribution in [0.15, 0.2) is 12.1 Å². The summed E-state index contributed by atoms with van der Waals surface area (Å²) in [5.41, 5.74) is -0.561. The molecule has 5 nitrogen and oxygen atoms in total. The Labute approximate surface area is 122 Å². The molecule has 0 aliphatic rings. The lowest BCUT2D eigenvalue weighted by atomic mass is 10.1. The molecule has 0 heterocycles. The number of rotatable bonds is 2. The van der Waals surface area contributed by atoms with Gasteiger partial charge >= 0.3 is 6.09 Å². The second-order valence-electron chi connectivity index (χ2n) is 5.17. The third-order valence-electron chi connectivity index (χ3n) is 2.17. The van der Waals surface area contributed by atoms with Gasteiger partial charge in [0.25, 0.3) is 0 Å². The number of aromatic hydroxyl groups is 1. The normalized spacial score (nSPS) is 10.3. The minimum absolute atomic E-state index is 0.00777. The topological polar surface area (TPSA) is 75.6 Å². The highest BCUT2D eigenvalue weighted by atomic mass is 19.1. The smallest absolute Gasteiger partial charge is 0.408 e. The van der Waals surface area contributed by atoms with E-state index < -0.39 is 23.3 Å². The van der Waals surface area contributed by atoms with Crippen LogP contribution in [0.1, 0.15) is 36.7 Å². The van der Waals surface area contributed by atoms with Crippen LogP contribution in [0.2, 0.25) is 0 Å². The number of nitrogens with one attached hydrogen (secondary N) is 1. The van der Waals surface area contributed by atoms with Gasteiger partial charge in [-0.15, -0.1) is 0 Å². The molecule has 2 N–H and O–H groups in total. The van der Waals surface area contributed by atoms with Crippen molar-refractivity contribution < 1.29 is 23.8 Å². The van der Waals surface area contributed by atoms with Crippen LogP contribution in [0.5, 0.6) is 5.75 Å². The van der Waals surface area contributed by atoms with Crippen molar-refractivity contribution in [1.82, 2.24) is 5.32 Å². The zero-order valence-electron chi connectivity index (χ0n) is 12.0. The van der Waals surface area contributed by atoms with Crippen molar-refractivity contribution in [2.45, 2.75) is 26.4 Å². The molecule has 1 aromatic carbocycles. The Morgan fingerprint density at radius 3 is 2.71 bits per heavy atom. The summed E-state index contributed by atoms with van der Waals surface area (Å²) in [6, 6.07) is 2.26. The lowest BCUT2D eigenvalue weighted by Gasteiger charge is -2.18. The second-order valence-corrected chi connectivity index (χ2v) is 5.17. The van der Waals surface area contributed by atoms with E-state index >= 15 is 0 Å². The first-order valence-corrected chi connectivity index (χ1v) is 6.16. The number of alkyl carbamates (subject to hydrolysis) is 1. The third-order valence-corrected chi connectivity index (χ3v) is 2.17. The van der Waals surface area contributed by atoms with Crippen molar-refractivity contribution in [3.63, 3.8) is 0 Å². The molecule has 0 aliphatic heterocycles. The molecule has 21 heavy (non-hydrogen) atoms. The fourth-order valence-electron chi connectivity index (χ4n) is 1.36. The fraction of sp³-hybridized carbons (Fsp3) is 0.333. The lowest BCUT2D eigenvalue weighted by molar-refractivity contribution is 0.0535. The molecule has 0 unspecified atom stereocenters. The van der Waals surface area contributed by atoms with Crippen LogP contribution in [0.25, 0.3) is 0 Å². The number of aldehydes is 1. The predicted molar refractivity (Wildman–Crippen MR) is 74.6 cm³/mol. The first kappa shape index (κ1) is 16.5. The van der Waals surface area contributed by atoms with E-state index in [9.17, 15) is 19.1 Å². The summed E-state index contributed by atoms with van der Waals surface area (Å²) in [7, 11) is 0. The van der Waals surface area contributed by atoms with Crippen molar-refractivity contribution in [2.75, 3.05) is 6.54 Å². The number of phenols is 1. The maximum absolute atomic E-state index is 13.3. The summed E-state index contributed by atoms with van der Waals surface area (Å²) in [6.45, 7) is 5.21. The van der Waals surface area contributed by atoms with E-state index in [0.717, 1.165) is 6.07 Å². The molecule has 0 fully saturated rings. The van der Waals surface area contributed by atoms with Crippen LogP contribution in [0, 0.1) is 17.7 Å². The summed E-state index contributed by atoms with van der Waals surface area (Å²) in [5.74, 6) is 3.53. The Bertz CT molecular complexity index is 609. The van der Waals surface area contributed by atoms with Gasteiger partial charge in [-0.05, 0) is 32.9 Å². The molecular weight excluding hydrogens is 277 g/mol. The molecule has 0 spiro atoms. The van der Waals surface area contributed by atoms with Gasteiger partial charge in [0.05, 0.1) is 12.1 Å². The molecule has 6 heteroatoms. The van der Waals surface area contributed by atoms with Gasteiger partial charge in [0.1, 0.15) is 5.60 Å². The van der Waals surface area contributed by atoms with Gasteiger partial charge in [-0.2, -0.15) is 0 Å². The molecular formula is C15H16FNO4. The highest BCUT2D eigenvalue weighted by molar-refractivity contribution is 5.80. The second kappa shape index (κ2) is 6.75. The number of phenolic OH excluding ortho intramolecular Hbond substituents is 1. The molecule has 112 valence electrons. The number of carbonyl (C=O) groups is 2. The maximum Gasteiger partial charge on any atom is 0.408 e. The van der Waals surface area contributed by atoms with Gasteiger partial charge in [-0.3, -0.25) is 4.79 Å². The summed E-state index contributed by atoms with van der Waals surface area (Å²) in [4.78, 5) is 22.0. The highest BCUT2D eigenvalue weighted by Crippen LogP contribution is 2.21. The number of amides is 1. The minimum Gasteiger partial charge on any atom is -0.504 e. The molecule has 0 aliphatic carbocycles. The van der Waals surface area contributed by atoms with Gasteiger partial charge in [-0.25, -0.2) is 9.18 Å². The Hall–Kier alpha value is -2.55. The van der Waals surface area contributed by atoms with Crippen LogP contribution >= 0.6 is 0 Å². The highest BCUT2D eigenvalue weighted by Gasteiger charge is 2.15. The van der Waals surface area contributed by atoms with Crippen LogP contribution in [0.4, 0.5) is 9.18 Å². The van der Waals surface area contributed by atoms with E-state index in [0.29, 0.717) is 6.29 Å². The van der Waals surface area contributed by atoms with E-state index in [-0.39, 0.29) is 17.7 Å². The Balaban J connectivity index is 2.66. The molecule has 1 aromatic rings. The quantitative estimate of drug-likeness (QED) is 0.647. The van der Waals surface area contributed by atoms with Gasteiger partial charge < -0.3 is 15.2 Å². The van der Waals surface area contributed by atoms with Gasteiger partial charge in [0.15, 0.2) is 17.9 Å². The molecule has 0 saturated carbocycles. The van der Waals surface area contributed by atoms with Gasteiger partial charge in [-0.1, -0.05) is 11.8 Å². The van der Waals surface area contributed by atoms with Crippen molar-refractivity contribution in [2.24, 2.45) is 0 Å². The average Bonchev–Trinajstić information content (AvgIpc) is 2.36. The number of halogens is 1. The van der Waals surface area contributed by atoms with Gasteiger partial charge in [0, 0.05) is 5.56 Å². The Morgan fingerprint density at radius 2 is 2.14 bits per heavy atom. The standard InChI is InChI=1S/C15H16FNO4/c1-15(2,3)21-14(20)17-6-4-5-10-7-11(9-18)13(19)12(16)8-10/h7-9,19H,6H2,1-3H3,(H,17,20). The zero-order valence-corrected chi connectivity index (χ0v) is 12.0. The van der Waals surface area contributed by atoms with E-state index in [1.165, 1.54) is 6.07 Å².